The minimum Gasteiger partial charge on any atom is -0.361 e. The first kappa shape index (κ1) is 7.31. The predicted molar refractivity (Wildman–Crippen MR) is 46.1 cm³/mol. The first-order valence-electron chi connectivity index (χ1n) is 3.77. The minimum absolute atomic E-state index is 0.232. The van der Waals surface area contributed by atoms with Crippen molar-refractivity contribution in [2.75, 3.05) is 0 Å². The third kappa shape index (κ3) is 0.987. The lowest BCUT2D eigenvalue weighted by atomic mass is 10.1. The molecule has 1 aromatic carbocycles. The minimum atomic E-state index is -0.232. The Morgan fingerprint density at radius 1 is 1.42 bits per heavy atom. The quantitative estimate of drug-likeness (QED) is 0.662. The molecule has 3 heteroatoms. The number of aromatic amines is 1. The number of H-pyrrole nitrogens is 1. The van der Waals surface area contributed by atoms with E-state index in [1.54, 1.807) is 12.3 Å². The Hall–Kier alpha value is -1.35. The van der Waals surface area contributed by atoms with Crippen molar-refractivity contribution in [3.8, 4) is 0 Å². The Labute approximate surface area is 69.2 Å². The summed E-state index contributed by atoms with van der Waals surface area (Å²) in [5.41, 5.74) is 6.83. The van der Waals surface area contributed by atoms with Gasteiger partial charge in [-0.3, -0.25) is 0 Å². The Bertz CT molecular complexity index is 406. The van der Waals surface area contributed by atoms with Gasteiger partial charge in [-0.1, -0.05) is 0 Å². The van der Waals surface area contributed by atoms with Crippen molar-refractivity contribution in [2.45, 2.75) is 6.54 Å². The molecule has 3 N–H and O–H groups in total. The third-order valence-electron chi connectivity index (χ3n) is 1.94. The van der Waals surface area contributed by atoms with Crippen molar-refractivity contribution in [1.82, 2.24) is 4.98 Å². The molecule has 0 unspecified atom stereocenters. The Morgan fingerprint density at radius 3 is 3.00 bits per heavy atom. The smallest absolute Gasteiger partial charge is 0.128 e. The van der Waals surface area contributed by atoms with Crippen LogP contribution in [0.4, 0.5) is 4.39 Å². The number of hydrogen-bond acceptors (Lipinski definition) is 1. The molecule has 0 saturated carbocycles. The fraction of sp³-hybridized carbons (Fsp3) is 0.111. The van der Waals surface area contributed by atoms with Crippen molar-refractivity contribution in [1.29, 1.82) is 0 Å². The SMILES string of the molecule is NCc1cc2[nH]ccc2cc1F. The Morgan fingerprint density at radius 2 is 2.25 bits per heavy atom. The molecule has 2 aromatic rings. The Balaban J connectivity index is 2.73. The van der Waals surface area contributed by atoms with Crippen LogP contribution in [0.2, 0.25) is 0 Å². The number of hydrogen-bond donors (Lipinski definition) is 2. The summed E-state index contributed by atoms with van der Waals surface area (Å²) in [6.07, 6.45) is 1.78. The van der Waals surface area contributed by atoms with Crippen molar-refractivity contribution >= 4 is 10.9 Å². The summed E-state index contributed by atoms with van der Waals surface area (Å²) < 4.78 is 13.1. The lowest BCUT2D eigenvalue weighted by Gasteiger charge is -1.98. The predicted octanol–water partition coefficient (Wildman–Crippen LogP) is 1.77. The molecule has 62 valence electrons. The van der Waals surface area contributed by atoms with Crippen LogP contribution in [0.15, 0.2) is 24.4 Å². The van der Waals surface area contributed by atoms with Gasteiger partial charge >= 0.3 is 0 Å². The lowest BCUT2D eigenvalue weighted by molar-refractivity contribution is 0.612. The van der Waals surface area contributed by atoms with Gasteiger partial charge in [0, 0.05) is 29.2 Å². The molecular formula is C9H9FN2. The zero-order valence-corrected chi connectivity index (χ0v) is 6.47. The normalized spacial score (nSPS) is 10.8. The average Bonchev–Trinajstić information content (AvgIpc) is 2.49. The molecule has 12 heavy (non-hydrogen) atoms. The number of rotatable bonds is 1. The van der Waals surface area contributed by atoms with E-state index in [4.69, 9.17) is 5.73 Å². The molecule has 0 aliphatic heterocycles. The molecule has 2 rings (SSSR count). The fourth-order valence-corrected chi connectivity index (χ4v) is 1.27. The number of benzene rings is 1. The van der Waals surface area contributed by atoms with Crippen LogP contribution in [0.5, 0.6) is 0 Å². The van der Waals surface area contributed by atoms with E-state index < -0.39 is 0 Å². The van der Waals surface area contributed by atoms with Gasteiger partial charge in [-0.2, -0.15) is 0 Å². The highest BCUT2D eigenvalue weighted by atomic mass is 19.1. The van der Waals surface area contributed by atoms with Gasteiger partial charge < -0.3 is 10.7 Å². The van der Waals surface area contributed by atoms with Crippen LogP contribution in [0.3, 0.4) is 0 Å². The topological polar surface area (TPSA) is 41.8 Å². The number of nitrogens with one attached hydrogen (secondary N) is 1. The van der Waals surface area contributed by atoms with Crippen molar-refractivity contribution < 1.29 is 4.39 Å². The molecule has 0 radical (unpaired) electrons. The van der Waals surface area contributed by atoms with E-state index in [0.29, 0.717) is 5.56 Å². The van der Waals surface area contributed by atoms with Gasteiger partial charge in [0.25, 0.3) is 0 Å². The zero-order chi connectivity index (χ0) is 8.55. The van der Waals surface area contributed by atoms with Gasteiger partial charge in [-0.15, -0.1) is 0 Å². The van der Waals surface area contributed by atoms with Crippen LogP contribution < -0.4 is 5.73 Å². The molecule has 2 nitrogen and oxygen atoms in total. The summed E-state index contributed by atoms with van der Waals surface area (Å²) in [6, 6.07) is 5.07. The second-order valence-corrected chi connectivity index (χ2v) is 2.71. The molecule has 0 atom stereocenters. The maximum atomic E-state index is 13.1. The average molecular weight is 164 g/mol. The maximum Gasteiger partial charge on any atom is 0.128 e. The second kappa shape index (κ2) is 2.60. The first-order valence-corrected chi connectivity index (χ1v) is 3.77. The van der Waals surface area contributed by atoms with Crippen molar-refractivity contribution in [3.05, 3.63) is 35.8 Å². The monoisotopic (exact) mass is 164 g/mol. The summed E-state index contributed by atoms with van der Waals surface area (Å²) in [6.45, 7) is 0.237. The number of aromatic nitrogens is 1. The maximum absolute atomic E-state index is 13.1. The third-order valence-corrected chi connectivity index (χ3v) is 1.94. The van der Waals surface area contributed by atoms with E-state index in [2.05, 4.69) is 4.98 Å². The van der Waals surface area contributed by atoms with Gasteiger partial charge in [-0.25, -0.2) is 4.39 Å². The number of fused-ring (bicyclic) bond motifs is 1. The standard InChI is InChI=1S/C9H9FN2/c10-8-3-6-1-2-12-9(6)4-7(8)5-11/h1-4,12H,5,11H2. The van der Waals surface area contributed by atoms with Crippen LogP contribution in [0.1, 0.15) is 5.56 Å². The molecule has 0 amide bonds. The molecule has 1 heterocycles. The highest BCUT2D eigenvalue weighted by molar-refractivity contribution is 5.80. The van der Waals surface area contributed by atoms with Crippen LogP contribution >= 0.6 is 0 Å². The summed E-state index contributed by atoms with van der Waals surface area (Å²) >= 11 is 0. The fourth-order valence-electron chi connectivity index (χ4n) is 1.27. The molecule has 1 aromatic heterocycles. The van der Waals surface area contributed by atoms with Crippen molar-refractivity contribution in [2.24, 2.45) is 5.73 Å². The molecule has 0 spiro atoms. The number of nitrogens with two attached hydrogens (primary N) is 1. The summed E-state index contributed by atoms with van der Waals surface area (Å²) in [7, 11) is 0. The molecule has 0 aliphatic rings. The molecule has 0 fully saturated rings. The first-order chi connectivity index (χ1) is 5.81. The number of halogens is 1. The van der Waals surface area contributed by atoms with Gasteiger partial charge in [0.2, 0.25) is 0 Å². The van der Waals surface area contributed by atoms with Crippen LogP contribution in [0, 0.1) is 5.82 Å². The molecule has 0 saturated heterocycles. The van der Waals surface area contributed by atoms with E-state index in [0.717, 1.165) is 10.9 Å². The molecule has 0 aliphatic carbocycles. The van der Waals surface area contributed by atoms with E-state index in [1.807, 2.05) is 6.07 Å². The van der Waals surface area contributed by atoms with Gasteiger partial charge in [0.05, 0.1) is 0 Å². The van der Waals surface area contributed by atoms with E-state index in [9.17, 15) is 4.39 Å². The van der Waals surface area contributed by atoms with Gasteiger partial charge in [-0.05, 0) is 18.2 Å². The molecular weight excluding hydrogens is 155 g/mol. The van der Waals surface area contributed by atoms with E-state index >= 15 is 0 Å². The summed E-state index contributed by atoms with van der Waals surface area (Å²) in [5.74, 6) is -0.232. The van der Waals surface area contributed by atoms with Gasteiger partial charge in [0.15, 0.2) is 0 Å². The van der Waals surface area contributed by atoms with Crippen LogP contribution in [-0.4, -0.2) is 4.98 Å². The van der Waals surface area contributed by atoms with Crippen LogP contribution in [0.25, 0.3) is 10.9 Å². The van der Waals surface area contributed by atoms with Crippen LogP contribution in [-0.2, 0) is 6.54 Å². The molecule has 0 bridgehead atoms. The van der Waals surface area contributed by atoms with E-state index in [1.165, 1.54) is 6.07 Å². The summed E-state index contributed by atoms with van der Waals surface area (Å²) in [4.78, 5) is 3.00. The Kier molecular flexibility index (Phi) is 1.59. The van der Waals surface area contributed by atoms with E-state index in [-0.39, 0.29) is 12.4 Å². The highest BCUT2D eigenvalue weighted by Crippen LogP contribution is 2.17. The van der Waals surface area contributed by atoms with Gasteiger partial charge in [0.1, 0.15) is 5.82 Å². The van der Waals surface area contributed by atoms with Crippen molar-refractivity contribution in [3.63, 3.8) is 0 Å². The zero-order valence-electron chi connectivity index (χ0n) is 6.47. The highest BCUT2D eigenvalue weighted by Gasteiger charge is 2.02. The summed E-state index contributed by atoms with van der Waals surface area (Å²) in [5, 5.41) is 0.879. The largest absolute Gasteiger partial charge is 0.361 e. The second-order valence-electron chi connectivity index (χ2n) is 2.71. The lowest BCUT2D eigenvalue weighted by Crippen LogP contribution is -1.99.